The Morgan fingerprint density at radius 2 is 1.91 bits per heavy atom. The molecule has 9 heteroatoms. The summed E-state index contributed by atoms with van der Waals surface area (Å²) >= 11 is 0. The van der Waals surface area contributed by atoms with Crippen LogP contribution < -0.4 is 5.32 Å². The molecular formula is C26H31F3N4O2. The molecule has 1 saturated carbocycles. The van der Waals surface area contributed by atoms with Gasteiger partial charge in [-0.2, -0.15) is 13.2 Å². The maximum Gasteiger partial charge on any atom is 0.416 e. The van der Waals surface area contributed by atoms with Crippen molar-refractivity contribution < 1.29 is 22.7 Å². The molecule has 3 saturated heterocycles. The van der Waals surface area contributed by atoms with Crippen LogP contribution in [0.2, 0.25) is 0 Å². The van der Waals surface area contributed by atoms with Gasteiger partial charge in [-0.1, -0.05) is 18.9 Å². The summed E-state index contributed by atoms with van der Waals surface area (Å²) in [7, 11) is 0. The van der Waals surface area contributed by atoms with E-state index in [9.17, 15) is 18.0 Å². The number of benzene rings is 1. The van der Waals surface area contributed by atoms with E-state index in [1.807, 2.05) is 6.92 Å². The molecule has 35 heavy (non-hydrogen) atoms. The summed E-state index contributed by atoms with van der Waals surface area (Å²) < 4.78 is 44.1. The summed E-state index contributed by atoms with van der Waals surface area (Å²) in [4.78, 5) is 24.2. The Morgan fingerprint density at radius 3 is 2.63 bits per heavy atom. The van der Waals surface area contributed by atoms with Crippen LogP contribution in [-0.4, -0.2) is 46.7 Å². The number of piperidine rings is 3. The van der Waals surface area contributed by atoms with Crippen molar-refractivity contribution in [2.75, 3.05) is 25.0 Å². The Hall–Kier alpha value is -2.68. The SMILES string of the molecule is Cc1nc(C2CCCC2)cc([C@H]2CN3CC[C@H]2C[C@@H]3COC(=O)Nc2cccc(C(F)(F)F)c2)n1. The number of nitrogens with one attached hydrogen (secondary N) is 1. The molecule has 3 aliphatic heterocycles. The minimum Gasteiger partial charge on any atom is -0.448 e. The Kier molecular flexibility index (Phi) is 6.70. The highest BCUT2D eigenvalue weighted by Gasteiger charge is 2.42. The lowest BCUT2D eigenvalue weighted by molar-refractivity contribution is -0.137. The second kappa shape index (κ2) is 9.76. The van der Waals surface area contributed by atoms with Crippen LogP contribution in [0.5, 0.6) is 0 Å². The van der Waals surface area contributed by atoms with Gasteiger partial charge in [0, 0.05) is 41.5 Å². The van der Waals surface area contributed by atoms with Crippen molar-refractivity contribution in [1.29, 1.82) is 0 Å². The van der Waals surface area contributed by atoms with Crippen LogP contribution in [0, 0.1) is 12.8 Å². The molecule has 4 fully saturated rings. The molecule has 6 nitrogen and oxygen atoms in total. The first-order chi connectivity index (χ1) is 16.8. The molecular weight excluding hydrogens is 457 g/mol. The van der Waals surface area contributed by atoms with Crippen LogP contribution in [0.15, 0.2) is 30.3 Å². The molecule has 4 aliphatic rings. The molecule has 1 amide bonds. The molecule has 2 bridgehead atoms. The molecule has 1 unspecified atom stereocenters. The number of nitrogens with zero attached hydrogens (tertiary/aromatic N) is 3. The van der Waals surface area contributed by atoms with E-state index in [2.05, 4.69) is 16.3 Å². The first kappa shape index (κ1) is 24.0. The highest BCUT2D eigenvalue weighted by atomic mass is 19.4. The third kappa shape index (κ3) is 5.44. The number of hydrogen-bond acceptors (Lipinski definition) is 5. The van der Waals surface area contributed by atoms with Gasteiger partial charge >= 0.3 is 12.3 Å². The number of amides is 1. The zero-order chi connectivity index (χ0) is 24.6. The molecule has 0 radical (unpaired) electrons. The molecule has 6 rings (SSSR count). The minimum absolute atomic E-state index is 0.0626. The van der Waals surface area contributed by atoms with Gasteiger partial charge < -0.3 is 4.74 Å². The average Bonchev–Trinajstić information content (AvgIpc) is 3.38. The summed E-state index contributed by atoms with van der Waals surface area (Å²) in [5.41, 5.74) is 1.57. The van der Waals surface area contributed by atoms with Gasteiger partial charge in [-0.3, -0.25) is 10.2 Å². The predicted molar refractivity (Wildman–Crippen MR) is 125 cm³/mol. The zero-order valence-corrected chi connectivity index (χ0v) is 19.9. The third-order valence-electron chi connectivity index (χ3n) is 7.75. The van der Waals surface area contributed by atoms with Gasteiger partial charge in [0.2, 0.25) is 0 Å². The largest absolute Gasteiger partial charge is 0.448 e. The minimum atomic E-state index is -4.47. The lowest BCUT2D eigenvalue weighted by atomic mass is 9.74. The summed E-state index contributed by atoms with van der Waals surface area (Å²) in [6.45, 7) is 4.01. The Bertz CT molecular complexity index is 1070. The third-order valence-corrected chi connectivity index (χ3v) is 7.75. The first-order valence-corrected chi connectivity index (χ1v) is 12.5. The van der Waals surface area contributed by atoms with Crippen LogP contribution in [0.1, 0.15) is 73.1 Å². The number of ether oxygens (including phenoxy) is 1. The smallest absolute Gasteiger partial charge is 0.416 e. The zero-order valence-electron chi connectivity index (χ0n) is 19.9. The number of hydrogen-bond donors (Lipinski definition) is 1. The highest BCUT2D eigenvalue weighted by Crippen LogP contribution is 2.42. The van der Waals surface area contributed by atoms with E-state index in [4.69, 9.17) is 14.7 Å². The van der Waals surface area contributed by atoms with Crippen molar-refractivity contribution in [1.82, 2.24) is 14.9 Å². The number of aryl methyl sites for hydroxylation is 1. The summed E-state index contributed by atoms with van der Waals surface area (Å²) in [5, 5.41) is 2.42. The fourth-order valence-corrected chi connectivity index (χ4v) is 5.98. The van der Waals surface area contributed by atoms with E-state index in [0.717, 1.165) is 49.6 Å². The summed E-state index contributed by atoms with van der Waals surface area (Å²) in [5.74, 6) is 2.20. The Morgan fingerprint density at radius 1 is 1.14 bits per heavy atom. The Balaban J connectivity index is 1.18. The fourth-order valence-electron chi connectivity index (χ4n) is 5.98. The second-order valence-corrected chi connectivity index (χ2v) is 10.1. The van der Waals surface area contributed by atoms with Crippen molar-refractivity contribution in [3.05, 3.63) is 53.1 Å². The fraction of sp³-hybridized carbons (Fsp3) is 0.577. The molecule has 1 aromatic heterocycles. The number of anilines is 1. The number of fused-ring (bicyclic) bond motifs is 3. The average molecular weight is 489 g/mol. The van der Waals surface area contributed by atoms with E-state index in [0.29, 0.717) is 17.8 Å². The Labute approximate surface area is 203 Å². The van der Waals surface area contributed by atoms with Crippen LogP contribution in [-0.2, 0) is 10.9 Å². The van der Waals surface area contributed by atoms with Crippen molar-refractivity contribution in [2.24, 2.45) is 5.92 Å². The van der Waals surface area contributed by atoms with Gasteiger partial charge in [-0.25, -0.2) is 14.8 Å². The standard InChI is InChI=1S/C26H31F3N4O2/c1-16-30-23(17-5-2-3-6-17)13-24(31-16)22-14-33-10-9-18(22)11-21(33)15-35-25(34)32-20-8-4-7-19(12-20)26(27,28)29/h4,7-8,12-13,17-18,21-22H,2-3,5-6,9-11,14-15H2,1H3,(H,32,34)/t18-,21+,22-/m0/s1. The number of alkyl halides is 3. The predicted octanol–water partition coefficient (Wildman–Crippen LogP) is 5.89. The van der Waals surface area contributed by atoms with Gasteiger partial charge in [0.1, 0.15) is 12.4 Å². The molecule has 1 aromatic carbocycles. The van der Waals surface area contributed by atoms with Crippen molar-refractivity contribution in [2.45, 2.75) is 69.5 Å². The molecule has 4 heterocycles. The van der Waals surface area contributed by atoms with Gasteiger partial charge in [0.05, 0.1) is 5.56 Å². The topological polar surface area (TPSA) is 67.4 Å². The maximum absolute atomic E-state index is 12.9. The lowest BCUT2D eigenvalue weighted by Gasteiger charge is -2.49. The highest BCUT2D eigenvalue weighted by molar-refractivity contribution is 5.84. The van der Waals surface area contributed by atoms with Gasteiger partial charge in [0.15, 0.2) is 0 Å². The number of rotatable bonds is 5. The lowest BCUT2D eigenvalue weighted by Crippen LogP contribution is -2.54. The van der Waals surface area contributed by atoms with Crippen LogP contribution in [0.3, 0.4) is 0 Å². The quantitative estimate of drug-likeness (QED) is 0.569. The van der Waals surface area contributed by atoms with Crippen LogP contribution in [0.4, 0.5) is 23.7 Å². The molecule has 2 aromatic rings. The van der Waals surface area contributed by atoms with Crippen molar-refractivity contribution in [3.63, 3.8) is 0 Å². The molecule has 188 valence electrons. The van der Waals surface area contributed by atoms with E-state index < -0.39 is 17.8 Å². The summed E-state index contributed by atoms with van der Waals surface area (Å²) in [6, 6.07) is 6.88. The molecule has 1 aliphatic carbocycles. The van der Waals surface area contributed by atoms with Crippen LogP contribution in [0.25, 0.3) is 0 Å². The summed E-state index contributed by atoms with van der Waals surface area (Å²) in [6.07, 6.45) is 1.74. The van der Waals surface area contributed by atoms with Crippen molar-refractivity contribution in [3.8, 4) is 0 Å². The van der Waals surface area contributed by atoms with E-state index >= 15 is 0 Å². The second-order valence-electron chi connectivity index (χ2n) is 10.1. The van der Waals surface area contributed by atoms with Crippen molar-refractivity contribution >= 4 is 11.8 Å². The maximum atomic E-state index is 12.9. The van der Waals surface area contributed by atoms with E-state index in [1.165, 1.54) is 43.5 Å². The number of halogens is 3. The number of aromatic nitrogens is 2. The van der Waals surface area contributed by atoms with E-state index in [-0.39, 0.29) is 18.3 Å². The monoisotopic (exact) mass is 488 g/mol. The molecule has 4 atom stereocenters. The molecule has 0 spiro atoms. The van der Waals surface area contributed by atoms with E-state index in [1.54, 1.807) is 0 Å². The van der Waals surface area contributed by atoms with Gasteiger partial charge in [-0.05, 0) is 69.3 Å². The first-order valence-electron chi connectivity index (χ1n) is 12.5. The number of carbonyl (C=O) groups is 1. The molecule has 1 N–H and O–H groups in total. The van der Waals surface area contributed by atoms with Gasteiger partial charge in [-0.15, -0.1) is 0 Å². The van der Waals surface area contributed by atoms with Gasteiger partial charge in [0.25, 0.3) is 0 Å². The van der Waals surface area contributed by atoms with Crippen LogP contribution >= 0.6 is 0 Å². The normalized spacial score (nSPS) is 26.6. The number of carbonyl (C=O) groups excluding carboxylic acids is 1.